The number of hydrogen-bond acceptors (Lipinski definition) is 3. The summed E-state index contributed by atoms with van der Waals surface area (Å²) < 4.78 is 21.1. The molecule has 0 spiro atoms. The Morgan fingerprint density at radius 3 is 2.81 bits per heavy atom. The number of fused-ring (bicyclic) bond motifs is 5. The van der Waals surface area contributed by atoms with Crippen LogP contribution in [0.3, 0.4) is 0 Å². The lowest BCUT2D eigenvalue weighted by molar-refractivity contribution is -0.135. The number of ether oxygens (including phenoxy) is 1. The maximum atomic E-state index is 15.3. The molecule has 26 heavy (non-hydrogen) atoms. The molecule has 1 saturated heterocycles. The van der Waals surface area contributed by atoms with E-state index in [9.17, 15) is 4.79 Å². The summed E-state index contributed by atoms with van der Waals surface area (Å²) in [6.07, 6.45) is 2.48. The number of carbonyl (C=O) groups is 1. The van der Waals surface area contributed by atoms with Crippen molar-refractivity contribution < 1.29 is 13.9 Å². The number of para-hydroxylation sites is 1. The van der Waals surface area contributed by atoms with Gasteiger partial charge in [0.15, 0.2) is 0 Å². The molecule has 0 radical (unpaired) electrons. The molecule has 4 nitrogen and oxygen atoms in total. The molecule has 2 aromatic rings. The van der Waals surface area contributed by atoms with E-state index in [0.717, 1.165) is 12.8 Å². The van der Waals surface area contributed by atoms with Gasteiger partial charge in [-0.3, -0.25) is 4.79 Å². The first-order valence-electron chi connectivity index (χ1n) is 9.20. The van der Waals surface area contributed by atoms with E-state index in [1.165, 1.54) is 0 Å². The van der Waals surface area contributed by atoms with Gasteiger partial charge >= 0.3 is 0 Å². The van der Waals surface area contributed by atoms with Crippen LogP contribution in [0.1, 0.15) is 24.8 Å². The van der Waals surface area contributed by atoms with E-state index in [0.29, 0.717) is 41.8 Å². The number of nitrogens with two attached hydrogens (primary N) is 1. The molecule has 1 fully saturated rings. The molecule has 2 bridgehead atoms. The van der Waals surface area contributed by atoms with Crippen LogP contribution in [-0.4, -0.2) is 36.0 Å². The van der Waals surface area contributed by atoms with Gasteiger partial charge in [0, 0.05) is 23.7 Å². The van der Waals surface area contributed by atoms with Gasteiger partial charge in [-0.05, 0) is 30.9 Å². The molecule has 136 valence electrons. The van der Waals surface area contributed by atoms with Crippen LogP contribution in [0.4, 0.5) is 4.39 Å². The SMILES string of the molecule is N[C@H]1CCCN2C(=O)CCOc3ccccc3-c3cccc(c3F)C[C@@H]12. The summed E-state index contributed by atoms with van der Waals surface area (Å²) in [5, 5.41) is 0. The highest BCUT2D eigenvalue weighted by Gasteiger charge is 2.33. The minimum Gasteiger partial charge on any atom is -0.492 e. The van der Waals surface area contributed by atoms with Crippen molar-refractivity contribution in [2.45, 2.75) is 37.8 Å². The maximum absolute atomic E-state index is 15.3. The molecular weight excluding hydrogens is 331 g/mol. The van der Waals surface area contributed by atoms with E-state index in [1.54, 1.807) is 12.1 Å². The van der Waals surface area contributed by atoms with E-state index in [2.05, 4.69) is 0 Å². The third kappa shape index (κ3) is 3.07. The molecule has 2 aromatic carbocycles. The van der Waals surface area contributed by atoms with Gasteiger partial charge in [0.25, 0.3) is 0 Å². The van der Waals surface area contributed by atoms with Crippen LogP contribution < -0.4 is 10.5 Å². The summed E-state index contributed by atoms with van der Waals surface area (Å²) in [4.78, 5) is 14.6. The summed E-state index contributed by atoms with van der Waals surface area (Å²) in [6, 6.07) is 12.5. The molecule has 2 N–H and O–H groups in total. The standard InChI is InChI=1S/C21H23FN2O2/c22-21-14-5-3-7-16(21)15-6-1-2-9-19(15)26-12-10-20(25)24-11-4-8-17(23)18(24)13-14/h1-3,5-7,9,17-18H,4,8,10-13,23H2/t17-,18-/m0/s1. The van der Waals surface area contributed by atoms with Crippen LogP contribution >= 0.6 is 0 Å². The minimum absolute atomic E-state index is 0.0276. The second-order valence-electron chi connectivity index (χ2n) is 7.04. The van der Waals surface area contributed by atoms with Crippen LogP contribution in [0.25, 0.3) is 11.1 Å². The Morgan fingerprint density at radius 1 is 1.12 bits per heavy atom. The molecule has 0 aromatic heterocycles. The molecule has 4 rings (SSSR count). The Balaban J connectivity index is 1.82. The zero-order chi connectivity index (χ0) is 18.1. The summed E-state index contributed by atoms with van der Waals surface area (Å²) in [6.45, 7) is 0.949. The Kier molecular flexibility index (Phi) is 4.64. The van der Waals surface area contributed by atoms with Gasteiger partial charge in [-0.25, -0.2) is 4.39 Å². The third-order valence-electron chi connectivity index (χ3n) is 5.41. The smallest absolute Gasteiger partial charge is 0.226 e. The molecule has 2 atom stereocenters. The number of carbonyl (C=O) groups excluding carboxylic acids is 1. The van der Waals surface area contributed by atoms with Crippen molar-refractivity contribution in [3.8, 4) is 16.9 Å². The van der Waals surface area contributed by atoms with Crippen molar-refractivity contribution in [1.29, 1.82) is 0 Å². The first kappa shape index (κ1) is 17.0. The number of amides is 1. The number of hydrogen-bond donors (Lipinski definition) is 1. The van der Waals surface area contributed by atoms with Crippen molar-refractivity contribution in [1.82, 2.24) is 4.90 Å². The van der Waals surface area contributed by atoms with Gasteiger partial charge in [0.05, 0.1) is 19.1 Å². The molecule has 0 aliphatic carbocycles. The Hall–Kier alpha value is -2.40. The van der Waals surface area contributed by atoms with Crippen LogP contribution in [0, 0.1) is 5.82 Å². The monoisotopic (exact) mass is 354 g/mol. The van der Waals surface area contributed by atoms with Crippen LogP contribution in [0.5, 0.6) is 5.75 Å². The van der Waals surface area contributed by atoms with Crippen LogP contribution in [-0.2, 0) is 11.2 Å². The van der Waals surface area contributed by atoms with Gasteiger partial charge in [-0.1, -0.05) is 36.4 Å². The lowest BCUT2D eigenvalue weighted by atomic mass is 9.89. The molecule has 2 aliphatic heterocycles. The molecular formula is C21H23FN2O2. The molecule has 0 unspecified atom stereocenters. The molecule has 0 saturated carbocycles. The first-order valence-corrected chi connectivity index (χ1v) is 9.20. The van der Waals surface area contributed by atoms with Crippen molar-refractivity contribution in [2.75, 3.05) is 13.2 Å². The lowest BCUT2D eigenvalue weighted by Gasteiger charge is -2.40. The number of benzene rings is 2. The summed E-state index contributed by atoms with van der Waals surface area (Å²) in [5.41, 5.74) is 8.15. The number of nitrogens with zero attached hydrogens (tertiary/aromatic N) is 1. The van der Waals surface area contributed by atoms with Gasteiger partial charge in [-0.2, -0.15) is 0 Å². The number of rotatable bonds is 0. The molecule has 1 amide bonds. The van der Waals surface area contributed by atoms with Crippen molar-refractivity contribution in [3.05, 3.63) is 53.8 Å². The quantitative estimate of drug-likeness (QED) is 0.791. The fourth-order valence-corrected chi connectivity index (χ4v) is 4.04. The second kappa shape index (κ2) is 7.08. The largest absolute Gasteiger partial charge is 0.492 e. The maximum Gasteiger partial charge on any atom is 0.226 e. The fourth-order valence-electron chi connectivity index (χ4n) is 4.04. The van der Waals surface area contributed by atoms with Gasteiger partial charge < -0.3 is 15.4 Å². The molecule has 5 heteroatoms. The number of halogens is 1. The Morgan fingerprint density at radius 2 is 1.92 bits per heavy atom. The van der Waals surface area contributed by atoms with Gasteiger partial charge in [0.2, 0.25) is 5.91 Å². The summed E-state index contributed by atoms with van der Waals surface area (Å²) in [5.74, 6) is 0.373. The van der Waals surface area contributed by atoms with Gasteiger partial charge in [0.1, 0.15) is 11.6 Å². The molecule has 2 aliphatic rings. The van der Waals surface area contributed by atoms with E-state index >= 15 is 4.39 Å². The Labute approximate surface area is 152 Å². The zero-order valence-electron chi connectivity index (χ0n) is 14.7. The summed E-state index contributed by atoms with van der Waals surface area (Å²) in [7, 11) is 0. The van der Waals surface area contributed by atoms with Gasteiger partial charge in [-0.15, -0.1) is 0 Å². The fraction of sp³-hybridized carbons (Fsp3) is 0.381. The Bertz CT molecular complexity index is 823. The second-order valence-corrected chi connectivity index (χ2v) is 7.04. The van der Waals surface area contributed by atoms with E-state index in [-0.39, 0.29) is 30.4 Å². The van der Waals surface area contributed by atoms with E-state index in [1.807, 2.05) is 35.2 Å². The van der Waals surface area contributed by atoms with E-state index in [4.69, 9.17) is 10.5 Å². The average Bonchev–Trinajstić information content (AvgIpc) is 2.65. The third-order valence-corrected chi connectivity index (χ3v) is 5.41. The topological polar surface area (TPSA) is 55.6 Å². The van der Waals surface area contributed by atoms with Crippen molar-refractivity contribution in [2.24, 2.45) is 5.73 Å². The summed E-state index contributed by atoms with van der Waals surface area (Å²) >= 11 is 0. The van der Waals surface area contributed by atoms with Crippen molar-refractivity contribution in [3.63, 3.8) is 0 Å². The highest BCUT2D eigenvalue weighted by Crippen LogP contribution is 2.34. The highest BCUT2D eigenvalue weighted by atomic mass is 19.1. The highest BCUT2D eigenvalue weighted by molar-refractivity contribution is 5.77. The molecule has 2 heterocycles. The van der Waals surface area contributed by atoms with E-state index < -0.39 is 0 Å². The van der Waals surface area contributed by atoms with Crippen molar-refractivity contribution >= 4 is 5.91 Å². The number of piperidine rings is 1. The average molecular weight is 354 g/mol. The lowest BCUT2D eigenvalue weighted by Crippen LogP contribution is -2.55. The van der Waals surface area contributed by atoms with Crippen LogP contribution in [0.15, 0.2) is 42.5 Å². The minimum atomic E-state index is -0.255. The predicted molar refractivity (Wildman–Crippen MR) is 98.4 cm³/mol. The predicted octanol–water partition coefficient (Wildman–Crippen LogP) is 3.14. The normalized spacial score (nSPS) is 23.2. The van der Waals surface area contributed by atoms with Crippen LogP contribution in [0.2, 0.25) is 0 Å². The first-order chi connectivity index (χ1) is 12.6. The zero-order valence-corrected chi connectivity index (χ0v) is 14.7.